The maximum Gasteiger partial charge on any atom is 0.290 e. The molecule has 2 heterocycles. The molecule has 0 spiro atoms. The summed E-state index contributed by atoms with van der Waals surface area (Å²) in [5.74, 6) is 0.299. The molecule has 1 fully saturated rings. The van der Waals surface area contributed by atoms with Crippen molar-refractivity contribution < 1.29 is 18.9 Å². The minimum absolute atomic E-state index is 0.00533. The predicted octanol–water partition coefficient (Wildman–Crippen LogP) is 2.03. The molecule has 6 nitrogen and oxygen atoms in total. The summed E-state index contributed by atoms with van der Waals surface area (Å²) >= 11 is 0. The maximum absolute atomic E-state index is 12.8. The van der Waals surface area contributed by atoms with Gasteiger partial charge < -0.3 is 19.5 Å². The van der Waals surface area contributed by atoms with E-state index in [0.717, 1.165) is 40.9 Å². The zero-order chi connectivity index (χ0) is 20.4. The van der Waals surface area contributed by atoms with Crippen molar-refractivity contribution >= 4 is 28.5 Å². The summed E-state index contributed by atoms with van der Waals surface area (Å²) in [6.07, 6.45) is 0. The van der Waals surface area contributed by atoms with Gasteiger partial charge in [-0.15, -0.1) is 0 Å². The normalized spacial score (nSPS) is 14.9. The van der Waals surface area contributed by atoms with Crippen LogP contribution in [0.4, 0.5) is 5.69 Å². The molecule has 0 aliphatic carbocycles. The number of rotatable bonds is 4. The Kier molecular flexibility index (Phi) is 5.36. The summed E-state index contributed by atoms with van der Waals surface area (Å²) in [5.41, 5.74) is 3.85. The Bertz CT molecular complexity index is 1020. The number of fused-ring (bicyclic) bond motifs is 1. The molecular weight excluding hydrogens is 366 g/mol. The van der Waals surface area contributed by atoms with E-state index in [1.165, 1.54) is 4.90 Å². The van der Waals surface area contributed by atoms with Gasteiger partial charge in [-0.2, -0.15) is 0 Å². The number of hydrogen-bond donors (Lipinski definition) is 2. The van der Waals surface area contributed by atoms with E-state index in [4.69, 9.17) is 4.42 Å². The summed E-state index contributed by atoms with van der Waals surface area (Å²) < 4.78 is 5.70. The van der Waals surface area contributed by atoms with Crippen LogP contribution in [0.3, 0.4) is 0 Å². The highest BCUT2D eigenvalue weighted by Crippen LogP contribution is 2.20. The fourth-order valence-electron chi connectivity index (χ4n) is 3.75. The molecule has 2 N–H and O–H groups in total. The highest BCUT2D eigenvalue weighted by atomic mass is 16.3. The third-order valence-corrected chi connectivity index (χ3v) is 5.68. The number of hydrogen-bond acceptors (Lipinski definition) is 3. The van der Waals surface area contributed by atoms with Gasteiger partial charge in [-0.05, 0) is 43.2 Å². The van der Waals surface area contributed by atoms with E-state index < -0.39 is 0 Å². The van der Waals surface area contributed by atoms with Gasteiger partial charge in [0.2, 0.25) is 0 Å². The van der Waals surface area contributed by atoms with Crippen LogP contribution in [0, 0.1) is 13.8 Å². The summed E-state index contributed by atoms with van der Waals surface area (Å²) in [6.45, 7) is 7.16. The lowest BCUT2D eigenvalue weighted by Gasteiger charge is -2.31. The largest absolute Gasteiger partial charge is 0.451 e. The van der Waals surface area contributed by atoms with E-state index in [0.29, 0.717) is 25.4 Å². The number of piperazine rings is 1. The minimum Gasteiger partial charge on any atom is -0.451 e. The zero-order valence-corrected chi connectivity index (χ0v) is 16.8. The Morgan fingerprint density at radius 3 is 2.59 bits per heavy atom. The summed E-state index contributed by atoms with van der Waals surface area (Å²) in [4.78, 5) is 28.2. The summed E-state index contributed by atoms with van der Waals surface area (Å²) in [7, 11) is 0. The highest BCUT2D eigenvalue weighted by Gasteiger charge is 2.27. The number of carbonyl (C=O) groups excluding carboxylic acids is 2. The quantitative estimate of drug-likeness (QED) is 0.714. The number of quaternary nitrogens is 1. The molecule has 2 aromatic carbocycles. The van der Waals surface area contributed by atoms with Gasteiger partial charge in [-0.25, -0.2) is 0 Å². The lowest BCUT2D eigenvalue weighted by atomic mass is 10.1. The van der Waals surface area contributed by atoms with E-state index >= 15 is 0 Å². The van der Waals surface area contributed by atoms with E-state index in [9.17, 15) is 9.59 Å². The molecule has 1 saturated heterocycles. The first-order valence-corrected chi connectivity index (χ1v) is 9.99. The monoisotopic (exact) mass is 392 g/mol. The maximum atomic E-state index is 12.8. The molecule has 4 rings (SSSR count). The molecule has 1 aliphatic heterocycles. The molecule has 0 saturated carbocycles. The number of nitrogens with one attached hydrogen (secondary N) is 2. The second-order valence-corrected chi connectivity index (χ2v) is 7.66. The molecular formula is C23H26N3O3+. The number of anilines is 1. The lowest BCUT2D eigenvalue weighted by molar-refractivity contribution is -0.895. The van der Waals surface area contributed by atoms with Crippen molar-refractivity contribution in [2.75, 3.05) is 38.0 Å². The second-order valence-electron chi connectivity index (χ2n) is 7.66. The van der Waals surface area contributed by atoms with Gasteiger partial charge in [0.1, 0.15) is 5.58 Å². The first-order valence-electron chi connectivity index (χ1n) is 9.99. The molecule has 0 atom stereocenters. The fraction of sp³-hybridized carbons (Fsp3) is 0.304. The number of nitrogens with zero attached hydrogens (tertiary/aromatic N) is 1. The number of para-hydroxylation sites is 1. The Morgan fingerprint density at radius 1 is 1.07 bits per heavy atom. The van der Waals surface area contributed by atoms with Crippen molar-refractivity contribution in [3.63, 3.8) is 0 Å². The third-order valence-electron chi connectivity index (χ3n) is 5.68. The van der Waals surface area contributed by atoms with Crippen molar-refractivity contribution in [3.8, 4) is 0 Å². The van der Waals surface area contributed by atoms with Gasteiger partial charge >= 0.3 is 0 Å². The van der Waals surface area contributed by atoms with Gasteiger partial charge in [-0.1, -0.05) is 30.3 Å². The van der Waals surface area contributed by atoms with Gasteiger partial charge in [0, 0.05) is 11.1 Å². The first-order chi connectivity index (χ1) is 14.0. The fourth-order valence-corrected chi connectivity index (χ4v) is 3.75. The Hall–Kier alpha value is -3.12. The lowest BCUT2D eigenvalue weighted by Crippen LogP contribution is -3.15. The van der Waals surface area contributed by atoms with Crippen molar-refractivity contribution in [1.82, 2.24) is 4.90 Å². The van der Waals surface area contributed by atoms with Crippen LogP contribution in [0.5, 0.6) is 0 Å². The molecule has 3 aromatic rings. The number of amides is 2. The van der Waals surface area contributed by atoms with Gasteiger partial charge in [0.25, 0.3) is 11.8 Å². The number of furan rings is 1. The van der Waals surface area contributed by atoms with Gasteiger partial charge in [0.15, 0.2) is 12.3 Å². The van der Waals surface area contributed by atoms with Crippen LogP contribution < -0.4 is 10.2 Å². The van der Waals surface area contributed by atoms with Crippen molar-refractivity contribution in [3.05, 3.63) is 65.4 Å². The standard InChI is InChI=1S/C23H25N3O3/c1-16-6-5-8-19(17(16)2)24-22(27)15-25-10-12-26(13-11-25)23(28)21-14-18-7-3-4-9-20(18)29-21/h3-9,14H,10-13,15H2,1-2H3,(H,24,27)/p+1. The van der Waals surface area contributed by atoms with E-state index in [1.54, 1.807) is 6.07 Å². The Balaban J connectivity index is 1.31. The Morgan fingerprint density at radius 2 is 1.83 bits per heavy atom. The number of benzene rings is 2. The van der Waals surface area contributed by atoms with Crippen LogP contribution >= 0.6 is 0 Å². The van der Waals surface area contributed by atoms with E-state index in [-0.39, 0.29) is 11.8 Å². The smallest absolute Gasteiger partial charge is 0.290 e. The molecule has 150 valence electrons. The van der Waals surface area contributed by atoms with Crippen molar-refractivity contribution in [1.29, 1.82) is 0 Å². The van der Waals surface area contributed by atoms with Crippen molar-refractivity contribution in [2.45, 2.75) is 13.8 Å². The molecule has 2 amide bonds. The molecule has 1 aliphatic rings. The zero-order valence-electron chi connectivity index (χ0n) is 16.8. The topological polar surface area (TPSA) is 67.0 Å². The molecule has 6 heteroatoms. The van der Waals surface area contributed by atoms with E-state index in [1.807, 2.05) is 61.2 Å². The number of carbonyl (C=O) groups is 2. The Labute approximate surface area is 170 Å². The van der Waals surface area contributed by atoms with Crippen LogP contribution in [-0.4, -0.2) is 49.4 Å². The molecule has 0 unspecified atom stereocenters. The highest BCUT2D eigenvalue weighted by molar-refractivity contribution is 5.96. The predicted molar refractivity (Wildman–Crippen MR) is 112 cm³/mol. The van der Waals surface area contributed by atoms with Crippen LogP contribution in [0.1, 0.15) is 21.7 Å². The third kappa shape index (κ3) is 4.17. The molecule has 0 bridgehead atoms. The first kappa shape index (κ1) is 19.2. The molecule has 29 heavy (non-hydrogen) atoms. The second kappa shape index (κ2) is 8.09. The number of aryl methyl sites for hydroxylation is 1. The SMILES string of the molecule is Cc1cccc(NC(=O)C[NH+]2CCN(C(=O)c3cc4ccccc4o3)CC2)c1C. The van der Waals surface area contributed by atoms with Gasteiger partial charge in [-0.3, -0.25) is 9.59 Å². The van der Waals surface area contributed by atoms with Crippen LogP contribution in [0.2, 0.25) is 0 Å². The average molecular weight is 392 g/mol. The minimum atomic E-state index is -0.0833. The van der Waals surface area contributed by atoms with Crippen molar-refractivity contribution in [2.24, 2.45) is 0 Å². The summed E-state index contributed by atoms with van der Waals surface area (Å²) in [5, 5.41) is 3.95. The van der Waals surface area contributed by atoms with Gasteiger partial charge in [0.05, 0.1) is 26.2 Å². The van der Waals surface area contributed by atoms with Crippen LogP contribution in [-0.2, 0) is 4.79 Å². The average Bonchev–Trinajstić information content (AvgIpc) is 3.16. The van der Waals surface area contributed by atoms with E-state index in [2.05, 4.69) is 5.32 Å². The van der Waals surface area contributed by atoms with Crippen LogP contribution in [0.25, 0.3) is 11.0 Å². The van der Waals surface area contributed by atoms with Crippen LogP contribution in [0.15, 0.2) is 52.9 Å². The molecule has 1 aromatic heterocycles. The molecule has 0 radical (unpaired) electrons. The summed E-state index contributed by atoms with van der Waals surface area (Å²) in [6, 6.07) is 15.3.